The van der Waals surface area contributed by atoms with E-state index in [1.807, 2.05) is 42.3 Å². The van der Waals surface area contributed by atoms with E-state index in [0.29, 0.717) is 24.7 Å². The molecule has 0 aliphatic carbocycles. The number of hydrogen-bond acceptors (Lipinski definition) is 8. The van der Waals surface area contributed by atoms with Gasteiger partial charge >= 0.3 is 0 Å². The predicted molar refractivity (Wildman–Crippen MR) is 117 cm³/mol. The third-order valence-electron chi connectivity index (χ3n) is 5.29. The number of likely N-dealkylation sites (N-methyl/N-ethyl adjacent to an activating group) is 1. The lowest BCUT2D eigenvalue weighted by Gasteiger charge is -2.24. The van der Waals surface area contributed by atoms with Crippen LogP contribution in [0.5, 0.6) is 0 Å². The number of amides is 2. The van der Waals surface area contributed by atoms with Crippen LogP contribution in [0.2, 0.25) is 0 Å². The number of nitrogens with one attached hydrogen (secondary N) is 1. The second-order valence-corrected chi connectivity index (χ2v) is 7.25. The number of benzene rings is 1. The summed E-state index contributed by atoms with van der Waals surface area (Å²) in [5.74, 6) is -0.299. The van der Waals surface area contributed by atoms with Crippen LogP contribution in [0.3, 0.4) is 0 Å². The molecule has 1 atom stereocenters. The van der Waals surface area contributed by atoms with Gasteiger partial charge in [-0.05, 0) is 36.8 Å². The van der Waals surface area contributed by atoms with Crippen LogP contribution in [0, 0.1) is 0 Å². The van der Waals surface area contributed by atoms with Crippen molar-refractivity contribution in [2.75, 3.05) is 30.4 Å². The molecule has 0 radical (unpaired) electrons. The van der Waals surface area contributed by atoms with Gasteiger partial charge in [0, 0.05) is 37.4 Å². The second kappa shape index (κ2) is 8.34. The number of primary amides is 1. The topological polar surface area (TPSA) is 130 Å². The standard InChI is InChI=1S/C21H22N8O2/c1-3-17(30)29-10-8-15(12-29)28(2)21-25-20(18(19(22)31)26-27-21)24-14-6-7-16-13(11-14)5-4-9-23-16/h3-7,9,11,15H,1,8,10,12H2,2H3,(H2,22,31)(H,24,25,27)/t15-/m1/s1. The Morgan fingerprint density at radius 1 is 1.32 bits per heavy atom. The minimum Gasteiger partial charge on any atom is -0.364 e. The molecule has 0 bridgehead atoms. The smallest absolute Gasteiger partial charge is 0.273 e. The maximum atomic E-state index is 11.9. The molecule has 3 aromatic rings. The maximum Gasteiger partial charge on any atom is 0.273 e. The van der Waals surface area contributed by atoms with E-state index in [0.717, 1.165) is 17.3 Å². The molecule has 1 aliphatic rings. The minimum absolute atomic E-state index is 0.0183. The highest BCUT2D eigenvalue weighted by atomic mass is 16.2. The first-order valence-electron chi connectivity index (χ1n) is 9.77. The number of pyridine rings is 1. The Bertz CT molecular complexity index is 1170. The summed E-state index contributed by atoms with van der Waals surface area (Å²) in [6.45, 7) is 4.69. The van der Waals surface area contributed by atoms with Gasteiger partial charge in [-0.15, -0.1) is 10.2 Å². The van der Waals surface area contributed by atoms with Crippen molar-refractivity contribution in [3.8, 4) is 0 Å². The van der Waals surface area contributed by atoms with E-state index < -0.39 is 5.91 Å². The first-order chi connectivity index (χ1) is 15.0. The highest BCUT2D eigenvalue weighted by molar-refractivity contribution is 5.96. The van der Waals surface area contributed by atoms with Gasteiger partial charge in [-0.25, -0.2) is 0 Å². The number of aromatic nitrogens is 4. The van der Waals surface area contributed by atoms with Crippen LogP contribution in [-0.2, 0) is 4.79 Å². The van der Waals surface area contributed by atoms with Gasteiger partial charge in [-0.3, -0.25) is 14.6 Å². The number of nitrogens with zero attached hydrogens (tertiary/aromatic N) is 6. The predicted octanol–water partition coefficient (Wildman–Crippen LogP) is 1.49. The van der Waals surface area contributed by atoms with Crippen LogP contribution in [-0.4, -0.2) is 63.1 Å². The quantitative estimate of drug-likeness (QED) is 0.576. The third-order valence-corrected chi connectivity index (χ3v) is 5.29. The molecule has 158 valence electrons. The van der Waals surface area contributed by atoms with E-state index in [1.54, 1.807) is 11.1 Å². The van der Waals surface area contributed by atoms with Crippen molar-refractivity contribution >= 4 is 40.2 Å². The molecule has 10 heteroatoms. The van der Waals surface area contributed by atoms with E-state index in [4.69, 9.17) is 5.73 Å². The largest absolute Gasteiger partial charge is 0.364 e. The van der Waals surface area contributed by atoms with Gasteiger partial charge in [-0.1, -0.05) is 12.6 Å². The number of nitrogens with two attached hydrogens (primary N) is 1. The molecule has 4 rings (SSSR count). The first kappa shape index (κ1) is 20.2. The molecule has 3 N–H and O–H groups in total. The molecule has 1 saturated heterocycles. The van der Waals surface area contributed by atoms with Gasteiger partial charge in [0.25, 0.3) is 5.91 Å². The average molecular weight is 418 g/mol. The van der Waals surface area contributed by atoms with Crippen molar-refractivity contribution in [3.63, 3.8) is 0 Å². The number of fused-ring (bicyclic) bond motifs is 1. The zero-order valence-corrected chi connectivity index (χ0v) is 17.0. The average Bonchev–Trinajstić information content (AvgIpc) is 3.28. The Hall–Kier alpha value is -4.08. The Morgan fingerprint density at radius 2 is 2.16 bits per heavy atom. The summed E-state index contributed by atoms with van der Waals surface area (Å²) in [4.78, 5) is 36.1. The minimum atomic E-state index is -0.734. The van der Waals surface area contributed by atoms with Crippen LogP contribution in [0.15, 0.2) is 49.2 Å². The van der Waals surface area contributed by atoms with E-state index in [2.05, 4.69) is 32.1 Å². The molecular formula is C21H22N8O2. The number of likely N-dealkylation sites (tertiary alicyclic amines) is 1. The second-order valence-electron chi connectivity index (χ2n) is 7.25. The van der Waals surface area contributed by atoms with Crippen molar-refractivity contribution in [2.24, 2.45) is 5.73 Å². The lowest BCUT2D eigenvalue weighted by molar-refractivity contribution is -0.125. The SMILES string of the molecule is C=CC(=O)N1CC[C@@H](N(C)c2nnc(C(N)=O)c(Nc3ccc4ncccc4c3)n2)C1. The number of carbonyl (C=O) groups is 2. The highest BCUT2D eigenvalue weighted by Gasteiger charge is 2.29. The van der Waals surface area contributed by atoms with Crippen LogP contribution < -0.4 is 16.0 Å². The first-order valence-corrected chi connectivity index (χ1v) is 9.77. The van der Waals surface area contributed by atoms with Gasteiger partial charge in [0.1, 0.15) is 0 Å². The monoisotopic (exact) mass is 418 g/mol. The zero-order valence-electron chi connectivity index (χ0n) is 17.0. The van der Waals surface area contributed by atoms with Crippen molar-refractivity contribution in [3.05, 3.63) is 54.9 Å². The Balaban J connectivity index is 1.61. The molecule has 2 aromatic heterocycles. The van der Waals surface area contributed by atoms with Gasteiger partial charge in [-0.2, -0.15) is 4.98 Å². The molecular weight excluding hydrogens is 396 g/mol. The fourth-order valence-electron chi connectivity index (χ4n) is 3.56. The van der Waals surface area contributed by atoms with Crippen molar-refractivity contribution in [1.29, 1.82) is 0 Å². The fraction of sp³-hybridized carbons (Fsp3) is 0.238. The summed E-state index contributed by atoms with van der Waals surface area (Å²) in [7, 11) is 1.83. The summed E-state index contributed by atoms with van der Waals surface area (Å²) >= 11 is 0. The third kappa shape index (κ3) is 4.13. The molecule has 0 saturated carbocycles. The molecule has 1 aliphatic heterocycles. The fourth-order valence-corrected chi connectivity index (χ4v) is 3.56. The molecule has 2 amide bonds. The number of anilines is 3. The normalized spacial score (nSPS) is 15.6. The molecule has 1 fully saturated rings. The van der Waals surface area contributed by atoms with E-state index >= 15 is 0 Å². The Labute approximate surface area is 178 Å². The molecule has 10 nitrogen and oxygen atoms in total. The van der Waals surface area contributed by atoms with Gasteiger partial charge < -0.3 is 20.9 Å². The van der Waals surface area contributed by atoms with Crippen molar-refractivity contribution in [1.82, 2.24) is 25.1 Å². The maximum absolute atomic E-state index is 11.9. The zero-order chi connectivity index (χ0) is 22.0. The van der Waals surface area contributed by atoms with Crippen LogP contribution >= 0.6 is 0 Å². The number of hydrogen-bond donors (Lipinski definition) is 2. The summed E-state index contributed by atoms with van der Waals surface area (Å²) in [6.07, 6.45) is 3.80. The van der Waals surface area contributed by atoms with Gasteiger partial charge in [0.15, 0.2) is 11.5 Å². The summed E-state index contributed by atoms with van der Waals surface area (Å²) in [5, 5.41) is 12.1. The summed E-state index contributed by atoms with van der Waals surface area (Å²) < 4.78 is 0. The molecule has 0 spiro atoms. The van der Waals surface area contributed by atoms with Crippen LogP contribution in [0.1, 0.15) is 16.9 Å². The van der Waals surface area contributed by atoms with Gasteiger partial charge in [0.2, 0.25) is 11.9 Å². The summed E-state index contributed by atoms with van der Waals surface area (Å²) in [5.41, 5.74) is 6.98. The molecule has 3 heterocycles. The summed E-state index contributed by atoms with van der Waals surface area (Å²) in [6, 6.07) is 9.41. The van der Waals surface area contributed by atoms with Crippen LogP contribution in [0.4, 0.5) is 17.5 Å². The van der Waals surface area contributed by atoms with Crippen LogP contribution in [0.25, 0.3) is 10.9 Å². The Morgan fingerprint density at radius 3 is 2.94 bits per heavy atom. The van der Waals surface area contributed by atoms with Crippen molar-refractivity contribution < 1.29 is 9.59 Å². The number of rotatable bonds is 6. The van der Waals surface area contributed by atoms with Crippen molar-refractivity contribution in [2.45, 2.75) is 12.5 Å². The molecule has 1 aromatic carbocycles. The van der Waals surface area contributed by atoms with E-state index in [1.165, 1.54) is 6.08 Å². The van der Waals surface area contributed by atoms with E-state index in [-0.39, 0.29) is 23.5 Å². The molecule has 0 unspecified atom stereocenters. The van der Waals surface area contributed by atoms with E-state index in [9.17, 15) is 9.59 Å². The lowest BCUT2D eigenvalue weighted by Crippen LogP contribution is -2.37. The lowest BCUT2D eigenvalue weighted by atomic mass is 10.2. The highest BCUT2D eigenvalue weighted by Crippen LogP contribution is 2.24. The van der Waals surface area contributed by atoms with Gasteiger partial charge in [0.05, 0.1) is 11.6 Å². The Kier molecular flexibility index (Phi) is 5.44. The number of carbonyl (C=O) groups excluding carboxylic acids is 2. The molecule has 31 heavy (non-hydrogen) atoms.